The number of carbonyl (C=O) groups excluding carboxylic acids is 2. The molecule has 1 fully saturated rings. The molecule has 0 radical (unpaired) electrons. The summed E-state index contributed by atoms with van der Waals surface area (Å²) < 4.78 is 13.5. The fourth-order valence-corrected chi connectivity index (χ4v) is 6.37. The molecule has 2 aromatic carbocycles. The standard InChI is InChI=1S/C30H31FN4O3/c1-29(2)12-11-24(18-5-8-21(31)9-6-18)35(28(29)38)17-25(36)33-22-10-7-19-15-30(16-20(19)14-22)23-4-3-13-32-26(23)34-27(30)37/h3-10,13-14,24,28,38H,11-12,15-17H2,1-2H3,(H,33,36)(H,32,34,37)/t24-,28?,30+/m0/s1. The van der Waals surface area contributed by atoms with Crippen molar-refractivity contribution in [3.63, 3.8) is 0 Å². The topological polar surface area (TPSA) is 94.6 Å². The van der Waals surface area contributed by atoms with Gasteiger partial charge in [0.05, 0.1) is 12.0 Å². The minimum atomic E-state index is -0.827. The number of benzene rings is 2. The Morgan fingerprint density at radius 1 is 1.16 bits per heavy atom. The van der Waals surface area contributed by atoms with Gasteiger partial charge in [-0.25, -0.2) is 9.37 Å². The minimum absolute atomic E-state index is 0.00485. The Bertz CT molecular complexity index is 1420. The van der Waals surface area contributed by atoms with E-state index in [1.165, 1.54) is 12.1 Å². The summed E-state index contributed by atoms with van der Waals surface area (Å²) in [5, 5.41) is 17.1. The molecule has 196 valence electrons. The third-order valence-corrected chi connectivity index (χ3v) is 8.52. The molecular formula is C30H31FN4O3. The number of nitrogens with zero attached hydrogens (tertiary/aromatic N) is 2. The first-order valence-corrected chi connectivity index (χ1v) is 13.0. The van der Waals surface area contributed by atoms with Gasteiger partial charge in [0, 0.05) is 28.9 Å². The summed E-state index contributed by atoms with van der Waals surface area (Å²) in [6.07, 6.45) is 3.52. The summed E-state index contributed by atoms with van der Waals surface area (Å²) in [6.45, 7) is 3.98. The Hall–Kier alpha value is -3.62. The summed E-state index contributed by atoms with van der Waals surface area (Å²) in [5.74, 6) is 0.0247. The number of likely N-dealkylation sites (tertiary alicyclic amines) is 1. The maximum absolute atomic E-state index is 13.5. The highest BCUT2D eigenvalue weighted by molar-refractivity contribution is 6.06. The van der Waals surface area contributed by atoms with E-state index in [1.54, 1.807) is 23.2 Å². The van der Waals surface area contributed by atoms with E-state index in [9.17, 15) is 19.1 Å². The van der Waals surface area contributed by atoms with Crippen molar-refractivity contribution >= 4 is 23.3 Å². The van der Waals surface area contributed by atoms with Gasteiger partial charge in [0.25, 0.3) is 0 Å². The zero-order valence-electron chi connectivity index (χ0n) is 21.5. The van der Waals surface area contributed by atoms with Crippen LogP contribution in [0.25, 0.3) is 0 Å². The van der Waals surface area contributed by atoms with Gasteiger partial charge in [0.15, 0.2) is 0 Å². The summed E-state index contributed by atoms with van der Waals surface area (Å²) >= 11 is 0. The molecule has 3 atom stereocenters. The molecule has 2 aliphatic heterocycles. The van der Waals surface area contributed by atoms with Crippen LogP contribution in [0.3, 0.4) is 0 Å². The molecule has 1 spiro atoms. The number of pyridine rings is 1. The number of fused-ring (bicyclic) bond motifs is 3. The van der Waals surface area contributed by atoms with Crippen molar-refractivity contribution in [1.29, 1.82) is 0 Å². The number of aromatic nitrogens is 1. The van der Waals surface area contributed by atoms with Crippen molar-refractivity contribution in [2.24, 2.45) is 5.41 Å². The summed E-state index contributed by atoms with van der Waals surface area (Å²) in [6, 6.07) is 15.7. The number of rotatable bonds is 4. The quantitative estimate of drug-likeness (QED) is 0.482. The van der Waals surface area contributed by atoms with Crippen molar-refractivity contribution < 1.29 is 19.1 Å². The van der Waals surface area contributed by atoms with Crippen molar-refractivity contribution in [2.75, 3.05) is 17.2 Å². The van der Waals surface area contributed by atoms with Gasteiger partial charge in [-0.05, 0) is 72.7 Å². The second-order valence-electron chi connectivity index (χ2n) is 11.5. The third kappa shape index (κ3) is 4.08. The molecular weight excluding hydrogens is 483 g/mol. The van der Waals surface area contributed by atoms with Crippen LogP contribution in [0.2, 0.25) is 0 Å². The largest absolute Gasteiger partial charge is 0.378 e. The van der Waals surface area contributed by atoms with Gasteiger partial charge in [-0.2, -0.15) is 0 Å². The third-order valence-electron chi connectivity index (χ3n) is 8.52. The zero-order valence-corrected chi connectivity index (χ0v) is 21.5. The predicted molar refractivity (Wildman–Crippen MR) is 142 cm³/mol. The highest BCUT2D eigenvalue weighted by atomic mass is 19.1. The smallest absolute Gasteiger partial charge is 0.238 e. The highest BCUT2D eigenvalue weighted by Crippen LogP contribution is 2.47. The number of amides is 2. The monoisotopic (exact) mass is 514 g/mol. The number of piperidine rings is 1. The Morgan fingerprint density at radius 3 is 2.71 bits per heavy atom. The van der Waals surface area contributed by atoms with Gasteiger partial charge in [0.2, 0.25) is 11.8 Å². The van der Waals surface area contributed by atoms with Crippen LogP contribution in [0.4, 0.5) is 15.9 Å². The van der Waals surface area contributed by atoms with Crippen molar-refractivity contribution in [3.8, 4) is 0 Å². The van der Waals surface area contributed by atoms with Crippen LogP contribution in [0.1, 0.15) is 55.0 Å². The normalized spacial score (nSPS) is 25.6. The summed E-state index contributed by atoms with van der Waals surface area (Å²) in [4.78, 5) is 32.4. The van der Waals surface area contributed by atoms with Gasteiger partial charge < -0.3 is 15.7 Å². The molecule has 0 saturated carbocycles. The maximum atomic E-state index is 13.5. The predicted octanol–water partition coefficient (Wildman–Crippen LogP) is 4.33. The second-order valence-corrected chi connectivity index (χ2v) is 11.5. The zero-order chi connectivity index (χ0) is 26.7. The number of halogens is 1. The molecule has 7 nitrogen and oxygen atoms in total. The molecule has 1 aliphatic carbocycles. The maximum Gasteiger partial charge on any atom is 0.238 e. The summed E-state index contributed by atoms with van der Waals surface area (Å²) in [5.41, 5.74) is 3.50. The number of aliphatic hydroxyl groups is 1. The Labute approximate surface area is 221 Å². The van der Waals surface area contributed by atoms with Gasteiger partial charge in [-0.15, -0.1) is 0 Å². The molecule has 3 heterocycles. The minimum Gasteiger partial charge on any atom is -0.378 e. The number of nitrogens with one attached hydrogen (secondary N) is 2. The van der Waals surface area contributed by atoms with E-state index in [0.29, 0.717) is 24.3 Å². The lowest BCUT2D eigenvalue weighted by atomic mass is 9.77. The van der Waals surface area contributed by atoms with Crippen LogP contribution in [0.15, 0.2) is 60.8 Å². The van der Waals surface area contributed by atoms with Crippen LogP contribution in [-0.4, -0.2) is 39.6 Å². The average Bonchev–Trinajstić information content (AvgIpc) is 3.40. The molecule has 1 unspecified atom stereocenters. The lowest BCUT2D eigenvalue weighted by molar-refractivity contribution is -0.145. The van der Waals surface area contributed by atoms with E-state index in [-0.39, 0.29) is 35.6 Å². The number of aliphatic hydroxyl groups excluding tert-OH is 1. The lowest BCUT2D eigenvalue weighted by Gasteiger charge is -2.48. The summed E-state index contributed by atoms with van der Waals surface area (Å²) in [7, 11) is 0. The van der Waals surface area contributed by atoms with E-state index in [0.717, 1.165) is 35.1 Å². The number of hydrogen-bond acceptors (Lipinski definition) is 5. The fraction of sp³-hybridized carbons (Fsp3) is 0.367. The van der Waals surface area contributed by atoms with Crippen molar-refractivity contribution in [2.45, 2.75) is 57.2 Å². The van der Waals surface area contributed by atoms with E-state index < -0.39 is 11.6 Å². The molecule has 8 heteroatoms. The number of hydrogen-bond donors (Lipinski definition) is 3. The van der Waals surface area contributed by atoms with Crippen LogP contribution < -0.4 is 10.6 Å². The Kier molecular flexibility index (Phi) is 5.85. The fourth-order valence-electron chi connectivity index (χ4n) is 6.37. The van der Waals surface area contributed by atoms with E-state index >= 15 is 0 Å². The molecule has 38 heavy (non-hydrogen) atoms. The lowest BCUT2D eigenvalue weighted by Crippen LogP contribution is -2.53. The van der Waals surface area contributed by atoms with Gasteiger partial charge >= 0.3 is 0 Å². The van der Waals surface area contributed by atoms with Crippen LogP contribution >= 0.6 is 0 Å². The first-order chi connectivity index (χ1) is 18.2. The Morgan fingerprint density at radius 2 is 1.92 bits per heavy atom. The van der Waals surface area contributed by atoms with Crippen LogP contribution in [0, 0.1) is 11.2 Å². The number of anilines is 2. The van der Waals surface area contributed by atoms with Crippen molar-refractivity contribution in [3.05, 3.63) is 88.9 Å². The molecule has 0 bridgehead atoms. The van der Waals surface area contributed by atoms with Gasteiger partial charge in [-0.1, -0.05) is 38.1 Å². The van der Waals surface area contributed by atoms with E-state index in [4.69, 9.17) is 0 Å². The average molecular weight is 515 g/mol. The second kappa shape index (κ2) is 8.99. The molecule has 1 saturated heterocycles. The first kappa shape index (κ1) is 24.7. The number of carbonyl (C=O) groups is 2. The van der Waals surface area contributed by atoms with Crippen molar-refractivity contribution in [1.82, 2.24) is 9.88 Å². The van der Waals surface area contributed by atoms with Crippen LogP contribution in [0.5, 0.6) is 0 Å². The Balaban J connectivity index is 1.20. The van der Waals surface area contributed by atoms with Gasteiger partial charge in [-0.3, -0.25) is 14.5 Å². The van der Waals surface area contributed by atoms with E-state index in [1.807, 2.05) is 44.2 Å². The molecule has 3 aromatic rings. The molecule has 2 amide bonds. The molecule has 1 aromatic heterocycles. The first-order valence-electron chi connectivity index (χ1n) is 13.0. The SMILES string of the molecule is CC1(C)CC[C@@H](c2ccc(F)cc2)N(CC(=O)Nc2ccc3c(c2)C[C@@]2(C3)C(=O)Nc3ncccc32)C1O. The molecule has 3 N–H and O–H groups in total. The van der Waals surface area contributed by atoms with Gasteiger partial charge in [0.1, 0.15) is 17.9 Å². The highest BCUT2D eigenvalue weighted by Gasteiger charge is 2.51. The van der Waals surface area contributed by atoms with E-state index in [2.05, 4.69) is 15.6 Å². The van der Waals surface area contributed by atoms with Crippen LogP contribution in [-0.2, 0) is 27.8 Å². The molecule has 6 rings (SSSR count). The molecule has 3 aliphatic rings.